The van der Waals surface area contributed by atoms with E-state index in [2.05, 4.69) is 22.5 Å². The van der Waals surface area contributed by atoms with Gasteiger partial charge < -0.3 is 25.0 Å². The zero-order valence-electron chi connectivity index (χ0n) is 18.2. The van der Waals surface area contributed by atoms with Crippen molar-refractivity contribution in [2.45, 2.75) is 64.8 Å². The Morgan fingerprint density at radius 2 is 2.00 bits per heavy atom. The predicted molar refractivity (Wildman–Crippen MR) is 106 cm³/mol. The molecule has 3 atom stereocenters. The summed E-state index contributed by atoms with van der Waals surface area (Å²) < 4.78 is 10.1. The van der Waals surface area contributed by atoms with Crippen LogP contribution < -0.4 is 10.6 Å². The highest BCUT2D eigenvalue weighted by molar-refractivity contribution is 5.85. The maximum absolute atomic E-state index is 12.6. The molecular formula is C19H36N4O5. The molecule has 0 aromatic carbocycles. The second kappa shape index (κ2) is 10.6. The number of esters is 1. The number of likely N-dealkylation sites (N-methyl/N-ethyl adjacent to an activating group) is 1. The first-order valence-corrected chi connectivity index (χ1v) is 9.73. The van der Waals surface area contributed by atoms with E-state index in [1.54, 1.807) is 6.92 Å². The third kappa shape index (κ3) is 7.63. The number of hydrogen-bond donors (Lipinski definition) is 2. The van der Waals surface area contributed by atoms with Gasteiger partial charge in [0.15, 0.2) is 0 Å². The van der Waals surface area contributed by atoms with E-state index in [0.29, 0.717) is 26.1 Å². The fraction of sp³-hybridized carbons (Fsp3) is 0.842. The first kappa shape index (κ1) is 24.2. The molecular weight excluding hydrogens is 364 g/mol. The van der Waals surface area contributed by atoms with Crippen molar-refractivity contribution in [2.75, 3.05) is 40.3 Å². The smallest absolute Gasteiger partial charge is 0.407 e. The molecule has 2 amide bonds. The highest BCUT2D eigenvalue weighted by Gasteiger charge is 2.30. The van der Waals surface area contributed by atoms with E-state index < -0.39 is 23.7 Å². The van der Waals surface area contributed by atoms with E-state index in [-0.39, 0.29) is 24.5 Å². The summed E-state index contributed by atoms with van der Waals surface area (Å²) in [6.07, 6.45) is 0.128. The molecule has 28 heavy (non-hydrogen) atoms. The van der Waals surface area contributed by atoms with Gasteiger partial charge in [0.1, 0.15) is 11.6 Å². The molecule has 0 saturated carbocycles. The average Bonchev–Trinajstić information content (AvgIpc) is 2.60. The second-order valence-corrected chi connectivity index (χ2v) is 8.26. The van der Waals surface area contributed by atoms with Gasteiger partial charge in [0, 0.05) is 31.7 Å². The fourth-order valence-electron chi connectivity index (χ4n) is 3.08. The summed E-state index contributed by atoms with van der Waals surface area (Å²) in [5, 5.41) is 5.96. The molecule has 1 saturated heterocycles. The number of rotatable bonds is 4. The van der Waals surface area contributed by atoms with Gasteiger partial charge in [-0.05, 0) is 48.1 Å². The standard InChI is InChI=1S/C19H36N4O5/c1-13-10-20-12-16(24)23(14(2)17(25)27-7)9-8-15(22(13)6)11-21-18(26)28-19(3,4)5/h13-15,20H,8-12H2,1-7H3,(H,21,26)/t13-,14-,15?/m0/s1. The van der Waals surface area contributed by atoms with Crippen molar-refractivity contribution in [2.24, 2.45) is 0 Å². The molecule has 0 spiro atoms. The van der Waals surface area contributed by atoms with Gasteiger partial charge in [-0.2, -0.15) is 0 Å². The van der Waals surface area contributed by atoms with Crippen LogP contribution in [0.2, 0.25) is 0 Å². The van der Waals surface area contributed by atoms with Crippen LogP contribution >= 0.6 is 0 Å². The molecule has 1 aliphatic heterocycles. The van der Waals surface area contributed by atoms with Crippen molar-refractivity contribution < 1.29 is 23.9 Å². The maximum atomic E-state index is 12.6. The Hall–Kier alpha value is -1.87. The molecule has 162 valence electrons. The Kier molecular flexibility index (Phi) is 9.16. The number of nitrogens with zero attached hydrogens (tertiary/aromatic N) is 2. The Morgan fingerprint density at radius 3 is 2.57 bits per heavy atom. The lowest BCUT2D eigenvalue weighted by Crippen LogP contribution is -2.55. The molecule has 0 aromatic rings. The zero-order chi connectivity index (χ0) is 21.5. The lowest BCUT2D eigenvalue weighted by Gasteiger charge is -2.37. The Bertz CT molecular complexity index is 549. The summed E-state index contributed by atoms with van der Waals surface area (Å²) >= 11 is 0. The third-order valence-corrected chi connectivity index (χ3v) is 4.90. The van der Waals surface area contributed by atoms with E-state index in [9.17, 15) is 14.4 Å². The van der Waals surface area contributed by atoms with E-state index in [4.69, 9.17) is 9.47 Å². The van der Waals surface area contributed by atoms with Crippen LogP contribution in [-0.4, -0.2) is 91.8 Å². The fourth-order valence-corrected chi connectivity index (χ4v) is 3.08. The summed E-state index contributed by atoms with van der Waals surface area (Å²) in [5.41, 5.74) is -0.567. The van der Waals surface area contributed by atoms with Crippen molar-refractivity contribution in [1.29, 1.82) is 0 Å². The highest BCUT2D eigenvalue weighted by Crippen LogP contribution is 2.13. The minimum atomic E-state index is -0.666. The maximum Gasteiger partial charge on any atom is 0.407 e. The SMILES string of the molecule is COC(=O)[C@H](C)N1CCC(CNC(=O)OC(C)(C)C)N(C)[C@@H](C)CNCC1=O. The first-order chi connectivity index (χ1) is 13.0. The van der Waals surface area contributed by atoms with Crippen LogP contribution in [0.1, 0.15) is 41.0 Å². The largest absolute Gasteiger partial charge is 0.467 e. The molecule has 1 fully saturated rings. The van der Waals surface area contributed by atoms with Crippen LogP contribution in [0.4, 0.5) is 4.79 Å². The summed E-state index contributed by atoms with van der Waals surface area (Å²) in [5.74, 6) is -0.593. The monoisotopic (exact) mass is 400 g/mol. The van der Waals surface area contributed by atoms with E-state index in [1.165, 1.54) is 12.0 Å². The molecule has 1 rings (SSSR count). The van der Waals surface area contributed by atoms with E-state index in [1.807, 2.05) is 27.8 Å². The number of hydrogen-bond acceptors (Lipinski definition) is 7. The van der Waals surface area contributed by atoms with Gasteiger partial charge in [-0.25, -0.2) is 9.59 Å². The molecule has 0 radical (unpaired) electrons. The Labute approximate surface area is 168 Å². The third-order valence-electron chi connectivity index (χ3n) is 4.90. The van der Waals surface area contributed by atoms with Gasteiger partial charge in [-0.15, -0.1) is 0 Å². The zero-order valence-corrected chi connectivity index (χ0v) is 18.2. The molecule has 0 aliphatic carbocycles. The molecule has 9 nitrogen and oxygen atoms in total. The van der Waals surface area contributed by atoms with Gasteiger partial charge in [-0.3, -0.25) is 9.69 Å². The first-order valence-electron chi connectivity index (χ1n) is 9.73. The number of methoxy groups -OCH3 is 1. The quantitative estimate of drug-likeness (QED) is 0.666. The lowest BCUT2D eigenvalue weighted by atomic mass is 10.1. The number of ether oxygens (including phenoxy) is 2. The van der Waals surface area contributed by atoms with Crippen molar-refractivity contribution in [3.05, 3.63) is 0 Å². The number of nitrogens with one attached hydrogen (secondary N) is 2. The van der Waals surface area contributed by atoms with Crippen LogP contribution in [-0.2, 0) is 19.1 Å². The average molecular weight is 401 g/mol. The van der Waals surface area contributed by atoms with Gasteiger partial charge in [-0.1, -0.05) is 0 Å². The van der Waals surface area contributed by atoms with Crippen molar-refractivity contribution in [3.63, 3.8) is 0 Å². The second-order valence-electron chi connectivity index (χ2n) is 8.26. The number of carbonyl (C=O) groups excluding carboxylic acids is 3. The van der Waals surface area contributed by atoms with E-state index in [0.717, 1.165) is 0 Å². The Morgan fingerprint density at radius 1 is 1.36 bits per heavy atom. The molecule has 0 bridgehead atoms. The summed E-state index contributed by atoms with van der Waals surface area (Å²) in [6, 6.07) is -0.522. The van der Waals surface area contributed by atoms with Gasteiger partial charge in [0.25, 0.3) is 0 Å². The molecule has 1 unspecified atom stereocenters. The van der Waals surface area contributed by atoms with Crippen molar-refractivity contribution >= 4 is 18.0 Å². The van der Waals surface area contributed by atoms with Crippen LogP contribution in [0, 0.1) is 0 Å². The topological polar surface area (TPSA) is 100 Å². The van der Waals surface area contributed by atoms with Crippen LogP contribution in [0.5, 0.6) is 0 Å². The van der Waals surface area contributed by atoms with Gasteiger partial charge in [0.05, 0.1) is 13.7 Å². The van der Waals surface area contributed by atoms with Crippen LogP contribution in [0.25, 0.3) is 0 Å². The van der Waals surface area contributed by atoms with Gasteiger partial charge in [0.2, 0.25) is 5.91 Å². The Balaban J connectivity index is 2.86. The lowest BCUT2D eigenvalue weighted by molar-refractivity contribution is -0.152. The van der Waals surface area contributed by atoms with Gasteiger partial charge >= 0.3 is 12.1 Å². The molecule has 2 N–H and O–H groups in total. The minimum absolute atomic E-state index is 0.0254. The molecule has 0 aromatic heterocycles. The summed E-state index contributed by atoms with van der Waals surface area (Å²) in [6.45, 7) is 10.7. The summed E-state index contributed by atoms with van der Waals surface area (Å²) in [4.78, 5) is 40.2. The predicted octanol–water partition coefficient (Wildman–Crippen LogP) is 0.583. The minimum Gasteiger partial charge on any atom is -0.467 e. The molecule has 1 aliphatic rings. The number of amides is 2. The number of carbonyl (C=O) groups is 3. The van der Waals surface area contributed by atoms with Crippen LogP contribution in [0.15, 0.2) is 0 Å². The highest BCUT2D eigenvalue weighted by atomic mass is 16.6. The molecule has 9 heteroatoms. The summed E-state index contributed by atoms with van der Waals surface area (Å²) in [7, 11) is 3.30. The van der Waals surface area contributed by atoms with Crippen molar-refractivity contribution in [3.8, 4) is 0 Å². The normalized spacial score (nSPS) is 23.7. The molecule has 1 heterocycles. The van der Waals surface area contributed by atoms with Crippen molar-refractivity contribution in [1.82, 2.24) is 20.4 Å². The number of alkyl carbamates (subject to hydrolysis) is 1. The van der Waals surface area contributed by atoms with Crippen LogP contribution in [0.3, 0.4) is 0 Å². The van der Waals surface area contributed by atoms with E-state index >= 15 is 0 Å².